The van der Waals surface area contributed by atoms with E-state index < -0.39 is 98.2 Å². The number of allylic oxidation sites excluding steroid dienone is 1. The Hall–Kier alpha value is -5.93. The van der Waals surface area contributed by atoms with E-state index in [0.717, 1.165) is 41.4 Å². The number of hydrogen-bond donors (Lipinski definition) is 3. The van der Waals surface area contributed by atoms with Crippen molar-refractivity contribution < 1.29 is 63.4 Å². The molecule has 22 heteroatoms. The number of carbonyl (C=O) groups is 4. The van der Waals surface area contributed by atoms with Crippen LogP contribution in [-0.2, 0) is 24.4 Å². The molecule has 5 atom stereocenters. The summed E-state index contributed by atoms with van der Waals surface area (Å²) in [6, 6.07) is 5.14. The van der Waals surface area contributed by atoms with E-state index >= 15 is 0 Å². The Morgan fingerprint density at radius 2 is 1.78 bits per heavy atom. The number of sulfonamides is 1. The van der Waals surface area contributed by atoms with Gasteiger partial charge in [-0.1, -0.05) is 25.0 Å². The van der Waals surface area contributed by atoms with Gasteiger partial charge in [-0.05, 0) is 81.8 Å². The van der Waals surface area contributed by atoms with E-state index in [0.29, 0.717) is 38.5 Å². The molecule has 0 spiro atoms. The molecule has 63 heavy (non-hydrogen) atoms. The van der Waals surface area contributed by atoms with E-state index in [-0.39, 0.29) is 58.0 Å². The van der Waals surface area contributed by atoms with Gasteiger partial charge in [0.25, 0.3) is 11.8 Å². The lowest BCUT2D eigenvalue weighted by Gasteiger charge is -2.30. The molecule has 336 valence electrons. The summed E-state index contributed by atoms with van der Waals surface area (Å²) in [6.45, 7) is -1.89. The average molecular weight is 906 g/mol. The first-order valence-electron chi connectivity index (χ1n) is 20.2. The zero-order chi connectivity index (χ0) is 45.1. The van der Waals surface area contributed by atoms with Crippen molar-refractivity contribution in [2.24, 2.45) is 5.92 Å². The number of nitrogens with one attached hydrogen (secondary N) is 3. The lowest BCUT2D eigenvalue weighted by atomic mass is 10.0. The number of fused-ring (bicyclic) bond motifs is 5. The minimum atomic E-state index is -5.03. The topological polar surface area (TPSA) is 191 Å². The highest BCUT2D eigenvalue weighted by atomic mass is 32.2. The molecule has 4 amide bonds. The van der Waals surface area contributed by atoms with Gasteiger partial charge in [0.2, 0.25) is 27.7 Å². The van der Waals surface area contributed by atoms with Gasteiger partial charge in [0.05, 0.1) is 16.8 Å². The van der Waals surface area contributed by atoms with E-state index in [1.165, 1.54) is 19.1 Å². The zero-order valence-electron chi connectivity index (χ0n) is 33.5. The molecule has 2 aliphatic heterocycles. The second kappa shape index (κ2) is 16.3. The number of hydrogen-bond acceptors (Lipinski definition) is 10. The number of halogens is 6. The number of alkyl halides is 5. The highest BCUT2D eigenvalue weighted by molar-refractivity contribution is 7.91. The second-order valence-electron chi connectivity index (χ2n) is 16.5. The summed E-state index contributed by atoms with van der Waals surface area (Å²) >= 11 is 0. The number of benzene rings is 2. The van der Waals surface area contributed by atoms with Gasteiger partial charge in [-0.15, -0.1) is 13.2 Å². The van der Waals surface area contributed by atoms with Gasteiger partial charge in [0.1, 0.15) is 41.0 Å². The first-order chi connectivity index (χ1) is 29.8. The predicted molar refractivity (Wildman–Crippen MR) is 211 cm³/mol. The van der Waals surface area contributed by atoms with Crippen LogP contribution < -0.4 is 24.8 Å². The monoisotopic (exact) mass is 905 g/mol. The molecule has 1 saturated heterocycles. The Morgan fingerprint density at radius 1 is 1.02 bits per heavy atom. The second-order valence-corrected chi connectivity index (χ2v) is 18.7. The molecular weight excluding hydrogens is 865 g/mol. The molecule has 2 aromatic heterocycles. The number of carbonyl (C=O) groups excluding carboxylic acids is 4. The maximum Gasteiger partial charge on any atom is 0.573 e. The third-order valence-corrected chi connectivity index (χ3v) is 14.2. The van der Waals surface area contributed by atoms with E-state index in [1.807, 2.05) is 6.08 Å². The van der Waals surface area contributed by atoms with Crippen LogP contribution in [0.3, 0.4) is 0 Å². The summed E-state index contributed by atoms with van der Waals surface area (Å²) in [5.74, 6) is -5.63. The summed E-state index contributed by atoms with van der Waals surface area (Å²) < 4.78 is 119. The fourth-order valence-electron chi connectivity index (χ4n) is 8.12. The summed E-state index contributed by atoms with van der Waals surface area (Å²) in [6.07, 6.45) is 0.963. The van der Waals surface area contributed by atoms with E-state index in [4.69, 9.17) is 4.74 Å². The molecule has 8 rings (SSSR count). The summed E-state index contributed by atoms with van der Waals surface area (Å²) in [5.41, 5.74) is -2.12. The van der Waals surface area contributed by atoms with Crippen LogP contribution in [0, 0.1) is 11.7 Å². The molecule has 2 saturated carbocycles. The van der Waals surface area contributed by atoms with Crippen LogP contribution in [-0.4, -0.2) is 93.1 Å². The molecule has 3 N–H and O–H groups in total. The fourth-order valence-corrected chi connectivity index (χ4v) is 9.43. The zero-order valence-corrected chi connectivity index (χ0v) is 34.3. The number of pyridine rings is 1. The molecular formula is C41H41F6N7O8S. The minimum Gasteiger partial charge on any atom is -0.472 e. The quantitative estimate of drug-likeness (QED) is 0.109. The minimum absolute atomic E-state index is 0.00354. The molecule has 0 unspecified atom stereocenters. The number of aromatic nitrogens is 3. The van der Waals surface area contributed by atoms with Crippen molar-refractivity contribution in [3.8, 4) is 11.6 Å². The van der Waals surface area contributed by atoms with E-state index in [1.54, 1.807) is 6.08 Å². The van der Waals surface area contributed by atoms with Crippen molar-refractivity contribution in [3.63, 3.8) is 0 Å². The van der Waals surface area contributed by atoms with E-state index in [2.05, 4.69) is 30.2 Å². The molecule has 4 heterocycles. The number of rotatable bonds is 9. The van der Waals surface area contributed by atoms with Crippen molar-refractivity contribution >= 4 is 55.3 Å². The van der Waals surface area contributed by atoms with Gasteiger partial charge in [0.15, 0.2) is 0 Å². The van der Waals surface area contributed by atoms with Crippen LogP contribution in [0.2, 0.25) is 0 Å². The Balaban J connectivity index is 1.14. The van der Waals surface area contributed by atoms with Crippen molar-refractivity contribution in [2.75, 3.05) is 6.54 Å². The van der Waals surface area contributed by atoms with Gasteiger partial charge in [-0.25, -0.2) is 22.5 Å². The average Bonchev–Trinajstić information content (AvgIpc) is 3.98. The van der Waals surface area contributed by atoms with Crippen molar-refractivity contribution in [1.29, 1.82) is 0 Å². The Morgan fingerprint density at radius 3 is 2.49 bits per heavy atom. The molecule has 0 bridgehead atoms. The van der Waals surface area contributed by atoms with Crippen molar-refractivity contribution in [2.45, 2.75) is 106 Å². The van der Waals surface area contributed by atoms with Gasteiger partial charge in [-0.3, -0.25) is 23.9 Å². The summed E-state index contributed by atoms with van der Waals surface area (Å²) in [5, 5.41) is 9.48. The van der Waals surface area contributed by atoms with Crippen molar-refractivity contribution in [3.05, 3.63) is 72.3 Å². The van der Waals surface area contributed by atoms with Gasteiger partial charge >= 0.3 is 12.9 Å². The Labute approximate surface area is 355 Å². The lowest BCUT2D eigenvalue weighted by Crippen LogP contribution is -2.58. The third kappa shape index (κ3) is 8.99. The van der Waals surface area contributed by atoms with Gasteiger partial charge in [-0.2, -0.15) is 13.9 Å². The number of nitrogens with zero attached hydrogens (tertiary/aromatic N) is 4. The summed E-state index contributed by atoms with van der Waals surface area (Å²) in [4.78, 5) is 62.1. The van der Waals surface area contributed by atoms with E-state index in [9.17, 15) is 53.9 Å². The van der Waals surface area contributed by atoms with Crippen LogP contribution >= 0.6 is 0 Å². The van der Waals surface area contributed by atoms with Crippen molar-refractivity contribution in [1.82, 2.24) is 35.0 Å². The maximum atomic E-state index is 14.7. The number of amides is 4. The van der Waals surface area contributed by atoms with Crippen LogP contribution in [0.5, 0.6) is 11.6 Å². The highest BCUT2D eigenvalue weighted by Crippen LogP contribution is 2.48. The van der Waals surface area contributed by atoms with Crippen LogP contribution in [0.25, 0.3) is 21.7 Å². The van der Waals surface area contributed by atoms with Crippen LogP contribution in [0.1, 0.15) is 81.7 Å². The molecule has 2 aliphatic carbocycles. The molecule has 2 aromatic carbocycles. The standard InChI is InChI=1S/C41H41F6N7O8S/c1-39(14-15-39)63(59,60)52-37(58)40-20-22(40)7-5-3-2-4-6-8-30(48-33(55)29-13-16-54(51-29)38(43)44)36(57)53-21-25(19-32(53)34(56)50-40)61-35-27-12-10-24(62-41(45,46)47)18-28(27)26-11-9-23(42)17-31(26)49-35/h5,7,9-13,16-18,22,25,30,32,38H,2-4,6,8,14-15,19-21H2,1H3,(H,48,55)(H,50,56)(H,52,58)/b7-5-/t22-,25-,30+,32+,40-/m1/s1. The van der Waals surface area contributed by atoms with Gasteiger partial charge in [0, 0.05) is 40.8 Å². The molecule has 0 radical (unpaired) electrons. The smallest absolute Gasteiger partial charge is 0.472 e. The first-order valence-corrected chi connectivity index (χ1v) is 21.7. The maximum absolute atomic E-state index is 14.7. The SMILES string of the molecule is CC1(S(=O)(=O)NC(=O)[C@@]23C[C@H]2/C=C\CCCCC[C@H](NC(=O)c2ccn(C(F)F)n2)C(=O)N2C[C@H](Oc4nc5cc(F)ccc5c5cc(OC(F)(F)F)ccc45)C[C@H]2C(=O)N3)CC1. The summed E-state index contributed by atoms with van der Waals surface area (Å²) in [7, 11) is -4.13. The van der Waals surface area contributed by atoms with Crippen LogP contribution in [0.4, 0.5) is 26.3 Å². The molecule has 15 nitrogen and oxygen atoms in total. The Bertz CT molecular complexity index is 2640. The normalized spacial score (nSPS) is 25.6. The lowest BCUT2D eigenvalue weighted by molar-refractivity contribution is -0.274. The highest BCUT2D eigenvalue weighted by Gasteiger charge is 2.63. The third-order valence-electron chi connectivity index (χ3n) is 12.0. The number of ether oxygens (including phenoxy) is 2. The molecule has 4 aromatic rings. The van der Waals surface area contributed by atoms with Crippen LogP contribution in [0.15, 0.2) is 60.8 Å². The van der Waals surface area contributed by atoms with Gasteiger partial charge < -0.3 is 25.0 Å². The molecule has 4 aliphatic rings. The first kappa shape index (κ1) is 43.7. The molecule has 3 fully saturated rings. The largest absolute Gasteiger partial charge is 0.573 e. The fraction of sp³-hybridized carbons (Fsp3) is 0.463. The predicted octanol–water partition coefficient (Wildman–Crippen LogP) is 5.56. The Kier molecular flexibility index (Phi) is 11.3.